The molecule has 0 radical (unpaired) electrons. The maximum atomic E-state index is 12.2. The standard InChI is InChI=1S/C16H20O6/c1-9(2)6-7-22-10(3)14(17)11-4-5-12(15(18)19)13(8-11)16(20)21/h4-5,8-10H,6-7H2,1-3H3,(H,18,19)(H,20,21). The normalized spacial score (nSPS) is 12.2. The van der Waals surface area contributed by atoms with Crippen molar-refractivity contribution in [2.75, 3.05) is 6.61 Å². The number of ketones is 1. The summed E-state index contributed by atoms with van der Waals surface area (Å²) >= 11 is 0. The van der Waals surface area contributed by atoms with E-state index >= 15 is 0 Å². The van der Waals surface area contributed by atoms with Gasteiger partial charge in [-0.05, 0) is 31.4 Å². The average Bonchev–Trinajstić information content (AvgIpc) is 2.45. The minimum Gasteiger partial charge on any atom is -0.478 e. The summed E-state index contributed by atoms with van der Waals surface area (Å²) in [6.45, 7) is 6.11. The third kappa shape index (κ3) is 4.66. The van der Waals surface area contributed by atoms with Gasteiger partial charge < -0.3 is 14.9 Å². The summed E-state index contributed by atoms with van der Waals surface area (Å²) in [7, 11) is 0. The fourth-order valence-electron chi connectivity index (χ4n) is 1.85. The number of ether oxygens (including phenoxy) is 1. The Hall–Kier alpha value is -2.21. The highest BCUT2D eigenvalue weighted by molar-refractivity contribution is 6.06. The molecule has 0 heterocycles. The number of carbonyl (C=O) groups is 3. The van der Waals surface area contributed by atoms with Gasteiger partial charge >= 0.3 is 11.9 Å². The number of rotatable bonds is 8. The van der Waals surface area contributed by atoms with Crippen molar-refractivity contribution in [3.05, 3.63) is 34.9 Å². The number of benzene rings is 1. The Labute approximate surface area is 128 Å². The summed E-state index contributed by atoms with van der Waals surface area (Å²) in [5, 5.41) is 18.0. The van der Waals surface area contributed by atoms with Gasteiger partial charge in [0.2, 0.25) is 0 Å². The van der Waals surface area contributed by atoms with Gasteiger partial charge in [-0.2, -0.15) is 0 Å². The molecular formula is C16H20O6. The van der Waals surface area contributed by atoms with Crippen LogP contribution in [0.15, 0.2) is 18.2 Å². The van der Waals surface area contributed by atoms with E-state index < -0.39 is 23.6 Å². The lowest BCUT2D eigenvalue weighted by atomic mass is 9.99. The molecule has 1 aromatic carbocycles. The van der Waals surface area contributed by atoms with E-state index in [1.807, 2.05) is 13.8 Å². The molecule has 1 unspecified atom stereocenters. The summed E-state index contributed by atoms with van der Waals surface area (Å²) < 4.78 is 5.43. The Kier molecular flexibility index (Phi) is 6.24. The van der Waals surface area contributed by atoms with Crippen molar-refractivity contribution in [3.63, 3.8) is 0 Å². The van der Waals surface area contributed by atoms with Crippen molar-refractivity contribution >= 4 is 17.7 Å². The van der Waals surface area contributed by atoms with E-state index in [4.69, 9.17) is 14.9 Å². The molecule has 6 nitrogen and oxygen atoms in total. The summed E-state index contributed by atoms with van der Waals surface area (Å²) in [6, 6.07) is 3.51. The maximum Gasteiger partial charge on any atom is 0.336 e. The van der Waals surface area contributed by atoms with Crippen LogP contribution in [0.4, 0.5) is 0 Å². The monoisotopic (exact) mass is 308 g/mol. The van der Waals surface area contributed by atoms with Crippen LogP contribution in [0.25, 0.3) is 0 Å². The van der Waals surface area contributed by atoms with Crippen molar-refractivity contribution in [3.8, 4) is 0 Å². The van der Waals surface area contributed by atoms with Crippen molar-refractivity contribution in [2.45, 2.75) is 33.3 Å². The van der Waals surface area contributed by atoms with Crippen LogP contribution in [0.2, 0.25) is 0 Å². The molecule has 0 aliphatic carbocycles. The van der Waals surface area contributed by atoms with E-state index in [0.29, 0.717) is 12.5 Å². The SMILES string of the molecule is CC(C)CCOC(C)C(=O)c1ccc(C(=O)O)c(C(=O)O)c1. The predicted octanol–water partition coefficient (Wildman–Crippen LogP) is 2.72. The summed E-state index contributed by atoms with van der Waals surface area (Å²) in [5.41, 5.74) is -0.635. The van der Waals surface area contributed by atoms with E-state index in [1.165, 1.54) is 6.07 Å². The highest BCUT2D eigenvalue weighted by Crippen LogP contribution is 2.15. The highest BCUT2D eigenvalue weighted by atomic mass is 16.5. The molecule has 0 aromatic heterocycles. The molecule has 0 aliphatic rings. The third-order valence-electron chi connectivity index (χ3n) is 3.20. The number of carbonyl (C=O) groups excluding carboxylic acids is 1. The third-order valence-corrected chi connectivity index (χ3v) is 3.20. The molecule has 1 aromatic rings. The second-order valence-corrected chi connectivity index (χ2v) is 5.43. The summed E-state index contributed by atoms with van der Waals surface area (Å²) in [6.07, 6.45) is 0.103. The predicted molar refractivity (Wildman–Crippen MR) is 79.6 cm³/mol. The van der Waals surface area contributed by atoms with Gasteiger partial charge in [0.15, 0.2) is 5.78 Å². The molecule has 0 saturated carbocycles. The number of Topliss-reactive ketones (excluding diaryl/α,β-unsaturated/α-hetero) is 1. The average molecular weight is 308 g/mol. The van der Waals surface area contributed by atoms with Crippen molar-refractivity contribution in [2.24, 2.45) is 5.92 Å². The quantitative estimate of drug-likeness (QED) is 0.716. The van der Waals surface area contributed by atoms with E-state index in [9.17, 15) is 14.4 Å². The number of carboxylic acids is 2. The molecule has 22 heavy (non-hydrogen) atoms. The van der Waals surface area contributed by atoms with Crippen LogP contribution in [0.3, 0.4) is 0 Å². The van der Waals surface area contributed by atoms with Gasteiger partial charge in [-0.3, -0.25) is 4.79 Å². The van der Waals surface area contributed by atoms with Gasteiger partial charge in [0.25, 0.3) is 0 Å². The van der Waals surface area contributed by atoms with Crippen LogP contribution in [-0.2, 0) is 4.74 Å². The first-order chi connectivity index (χ1) is 10.2. The topological polar surface area (TPSA) is 101 Å². The van der Waals surface area contributed by atoms with Gasteiger partial charge in [-0.25, -0.2) is 9.59 Å². The zero-order valence-corrected chi connectivity index (χ0v) is 12.8. The summed E-state index contributed by atoms with van der Waals surface area (Å²) in [5.74, 6) is -2.66. The fraction of sp³-hybridized carbons (Fsp3) is 0.438. The first-order valence-electron chi connectivity index (χ1n) is 7.00. The Bertz CT molecular complexity index is 576. The van der Waals surface area contributed by atoms with Crippen molar-refractivity contribution in [1.29, 1.82) is 0 Å². The first-order valence-corrected chi connectivity index (χ1v) is 7.00. The molecule has 0 fully saturated rings. The number of hydrogen-bond donors (Lipinski definition) is 2. The minimum atomic E-state index is -1.39. The Morgan fingerprint density at radius 3 is 2.14 bits per heavy atom. The van der Waals surface area contributed by atoms with E-state index in [2.05, 4.69) is 0 Å². The number of carboxylic acid groups (broad SMARTS) is 2. The van der Waals surface area contributed by atoms with Crippen LogP contribution in [0.5, 0.6) is 0 Å². The zero-order chi connectivity index (χ0) is 16.9. The smallest absolute Gasteiger partial charge is 0.336 e. The van der Waals surface area contributed by atoms with E-state index in [0.717, 1.165) is 18.6 Å². The molecule has 1 atom stereocenters. The molecule has 6 heteroatoms. The Morgan fingerprint density at radius 1 is 1.05 bits per heavy atom. The molecule has 0 spiro atoms. The molecule has 0 amide bonds. The molecule has 2 N–H and O–H groups in total. The summed E-state index contributed by atoms with van der Waals surface area (Å²) in [4.78, 5) is 34.3. The molecular weight excluding hydrogens is 288 g/mol. The lowest BCUT2D eigenvalue weighted by Gasteiger charge is -2.14. The molecule has 120 valence electrons. The molecule has 0 bridgehead atoms. The van der Waals surface area contributed by atoms with E-state index in [-0.39, 0.29) is 16.9 Å². The zero-order valence-electron chi connectivity index (χ0n) is 12.8. The van der Waals surface area contributed by atoms with Gasteiger partial charge in [0, 0.05) is 12.2 Å². The lowest BCUT2D eigenvalue weighted by Crippen LogP contribution is -2.22. The fourth-order valence-corrected chi connectivity index (χ4v) is 1.85. The second-order valence-electron chi connectivity index (χ2n) is 5.43. The van der Waals surface area contributed by atoms with Gasteiger partial charge in [0.1, 0.15) is 6.10 Å². The number of hydrogen-bond acceptors (Lipinski definition) is 4. The van der Waals surface area contributed by atoms with Gasteiger partial charge in [-0.15, -0.1) is 0 Å². The minimum absolute atomic E-state index is 0.124. The Balaban J connectivity index is 2.92. The second kappa shape index (κ2) is 7.70. The van der Waals surface area contributed by atoms with E-state index in [1.54, 1.807) is 6.92 Å². The molecule has 0 saturated heterocycles. The van der Waals surface area contributed by atoms with Crippen LogP contribution in [0.1, 0.15) is 58.3 Å². The van der Waals surface area contributed by atoms with Crippen LogP contribution >= 0.6 is 0 Å². The van der Waals surface area contributed by atoms with Crippen LogP contribution < -0.4 is 0 Å². The first kappa shape index (κ1) is 17.8. The van der Waals surface area contributed by atoms with Gasteiger partial charge in [0.05, 0.1) is 11.1 Å². The highest BCUT2D eigenvalue weighted by Gasteiger charge is 2.21. The Morgan fingerprint density at radius 2 is 1.64 bits per heavy atom. The van der Waals surface area contributed by atoms with Crippen molar-refractivity contribution < 1.29 is 29.3 Å². The van der Waals surface area contributed by atoms with Crippen molar-refractivity contribution in [1.82, 2.24) is 0 Å². The maximum absolute atomic E-state index is 12.2. The van der Waals surface area contributed by atoms with Gasteiger partial charge in [-0.1, -0.05) is 19.9 Å². The molecule has 1 rings (SSSR count). The largest absolute Gasteiger partial charge is 0.478 e. The number of aromatic carboxylic acids is 2. The lowest BCUT2D eigenvalue weighted by molar-refractivity contribution is 0.0443. The van der Waals surface area contributed by atoms with Crippen LogP contribution in [0, 0.1) is 5.92 Å². The molecule has 0 aliphatic heterocycles. The van der Waals surface area contributed by atoms with Crippen LogP contribution in [-0.4, -0.2) is 40.6 Å².